The first-order chi connectivity index (χ1) is 16.7. The number of aromatic nitrogens is 3. The number of benzene rings is 2. The lowest BCUT2D eigenvalue weighted by Gasteiger charge is -2.12. The van der Waals surface area contributed by atoms with Crippen LogP contribution in [0.25, 0.3) is 11.3 Å². The fourth-order valence-electron chi connectivity index (χ4n) is 3.21. The summed E-state index contributed by atoms with van der Waals surface area (Å²) in [4.78, 5) is 24.4. The summed E-state index contributed by atoms with van der Waals surface area (Å²) < 4.78 is 34.1. The smallest absolute Gasteiger partial charge is 0.269 e. The van der Waals surface area contributed by atoms with Crippen LogP contribution < -0.4 is 20.5 Å². The molecule has 178 valence electrons. The molecule has 0 unspecified atom stereocenters. The molecule has 0 spiro atoms. The minimum Gasteiger partial charge on any atom is -0.437 e. The van der Waals surface area contributed by atoms with Gasteiger partial charge in [0.25, 0.3) is 15.9 Å². The van der Waals surface area contributed by atoms with Crippen molar-refractivity contribution in [2.45, 2.75) is 11.8 Å². The molecule has 4 aromatic rings. The number of hydrogen-bond donors (Lipinski definition) is 3. The number of pyridine rings is 1. The molecular weight excluding hydrogens is 468 g/mol. The van der Waals surface area contributed by atoms with Gasteiger partial charge in [0.05, 0.1) is 16.8 Å². The molecule has 0 fully saturated rings. The zero-order valence-electron chi connectivity index (χ0n) is 18.9. The second kappa shape index (κ2) is 9.77. The van der Waals surface area contributed by atoms with Crippen molar-refractivity contribution in [3.05, 3.63) is 84.2 Å². The number of carbonyl (C=O) groups excluding carboxylic acids is 1. The third-order valence-electron chi connectivity index (χ3n) is 4.94. The van der Waals surface area contributed by atoms with E-state index in [9.17, 15) is 13.2 Å². The van der Waals surface area contributed by atoms with E-state index in [1.54, 1.807) is 24.3 Å². The van der Waals surface area contributed by atoms with Crippen LogP contribution in [0, 0.1) is 6.92 Å². The molecule has 4 N–H and O–H groups in total. The van der Waals surface area contributed by atoms with E-state index in [4.69, 9.17) is 10.5 Å². The monoisotopic (exact) mass is 490 g/mol. The number of aryl methyl sites for hydroxylation is 1. The van der Waals surface area contributed by atoms with Crippen molar-refractivity contribution in [1.82, 2.24) is 20.3 Å². The highest BCUT2D eigenvalue weighted by molar-refractivity contribution is 7.92. The highest BCUT2D eigenvalue weighted by Crippen LogP contribution is 2.29. The summed E-state index contributed by atoms with van der Waals surface area (Å²) in [6.45, 7) is 1.91. The maximum Gasteiger partial charge on any atom is 0.269 e. The van der Waals surface area contributed by atoms with E-state index in [0.29, 0.717) is 17.1 Å². The molecule has 0 saturated carbocycles. The van der Waals surface area contributed by atoms with E-state index in [0.717, 1.165) is 11.1 Å². The molecular formula is C24H22N6O4S. The molecule has 0 aliphatic carbocycles. The fraction of sp³-hybridized carbons (Fsp3) is 0.0833. The molecule has 0 aliphatic heterocycles. The van der Waals surface area contributed by atoms with Gasteiger partial charge in [0, 0.05) is 24.4 Å². The Labute approximate surface area is 202 Å². The molecule has 0 saturated heterocycles. The lowest BCUT2D eigenvalue weighted by Crippen LogP contribution is -2.18. The van der Waals surface area contributed by atoms with Gasteiger partial charge in [-0.3, -0.25) is 4.79 Å². The zero-order valence-corrected chi connectivity index (χ0v) is 19.7. The highest BCUT2D eigenvalue weighted by atomic mass is 32.2. The summed E-state index contributed by atoms with van der Waals surface area (Å²) in [6.07, 6.45) is 1.37. The Morgan fingerprint density at radius 3 is 2.49 bits per heavy atom. The van der Waals surface area contributed by atoms with Crippen molar-refractivity contribution in [1.29, 1.82) is 0 Å². The summed E-state index contributed by atoms with van der Waals surface area (Å²) in [6, 6.07) is 18.0. The van der Waals surface area contributed by atoms with Gasteiger partial charge in [-0.1, -0.05) is 30.3 Å². The number of nitrogens with zero attached hydrogens (tertiary/aromatic N) is 3. The van der Waals surface area contributed by atoms with Gasteiger partial charge in [-0.05, 0) is 42.8 Å². The van der Waals surface area contributed by atoms with Crippen molar-refractivity contribution >= 4 is 27.6 Å². The first-order valence-corrected chi connectivity index (χ1v) is 11.9. The maximum atomic E-state index is 12.9. The van der Waals surface area contributed by atoms with Crippen LogP contribution in [0.4, 0.5) is 11.6 Å². The Hall–Kier alpha value is -4.51. The summed E-state index contributed by atoms with van der Waals surface area (Å²) >= 11 is 0. The molecule has 2 heterocycles. The van der Waals surface area contributed by atoms with Crippen LogP contribution in [0.3, 0.4) is 0 Å². The van der Waals surface area contributed by atoms with Crippen molar-refractivity contribution in [3.8, 4) is 22.9 Å². The Balaban J connectivity index is 1.72. The van der Waals surface area contributed by atoms with Gasteiger partial charge >= 0.3 is 0 Å². The van der Waals surface area contributed by atoms with Gasteiger partial charge in [-0.15, -0.1) is 0 Å². The second-order valence-corrected chi connectivity index (χ2v) is 9.15. The number of hydrogen-bond acceptors (Lipinski definition) is 8. The van der Waals surface area contributed by atoms with E-state index in [1.807, 2.05) is 31.2 Å². The Morgan fingerprint density at radius 1 is 1.00 bits per heavy atom. The minimum absolute atomic E-state index is 0.0288. The Kier molecular flexibility index (Phi) is 6.60. The van der Waals surface area contributed by atoms with E-state index in [2.05, 4.69) is 25.0 Å². The first-order valence-electron chi connectivity index (χ1n) is 10.4. The molecule has 1 amide bonds. The van der Waals surface area contributed by atoms with Gasteiger partial charge in [-0.25, -0.2) is 23.1 Å². The van der Waals surface area contributed by atoms with Gasteiger partial charge < -0.3 is 15.8 Å². The van der Waals surface area contributed by atoms with Gasteiger partial charge in [-0.2, -0.15) is 4.98 Å². The number of nitrogen functional groups attached to an aromatic ring is 1. The highest BCUT2D eigenvalue weighted by Gasteiger charge is 2.19. The third-order valence-corrected chi connectivity index (χ3v) is 6.26. The minimum atomic E-state index is -4.02. The summed E-state index contributed by atoms with van der Waals surface area (Å²) in [7, 11) is -2.51. The van der Waals surface area contributed by atoms with Crippen LogP contribution in [0.1, 0.15) is 16.1 Å². The lowest BCUT2D eigenvalue weighted by atomic mass is 10.1. The SMILES string of the molecule is CNC(=O)c1ccc(Oc2cc(-c3ccccc3C)nc(NS(=O)(=O)c3cccc(N)c3)n2)cn1. The average molecular weight is 491 g/mol. The maximum absolute atomic E-state index is 12.9. The largest absolute Gasteiger partial charge is 0.437 e. The topological polar surface area (TPSA) is 149 Å². The van der Waals surface area contributed by atoms with Crippen LogP contribution in [0.15, 0.2) is 77.8 Å². The lowest BCUT2D eigenvalue weighted by molar-refractivity contribution is 0.0958. The van der Waals surface area contributed by atoms with Crippen LogP contribution in [-0.2, 0) is 10.0 Å². The van der Waals surface area contributed by atoms with E-state index in [-0.39, 0.29) is 28.3 Å². The molecule has 10 nitrogen and oxygen atoms in total. The number of ether oxygens (including phenoxy) is 1. The van der Waals surface area contributed by atoms with E-state index < -0.39 is 10.0 Å². The van der Waals surface area contributed by atoms with Crippen LogP contribution in [0.2, 0.25) is 0 Å². The molecule has 11 heteroatoms. The quantitative estimate of drug-likeness (QED) is 0.334. The second-order valence-electron chi connectivity index (χ2n) is 7.47. The third kappa shape index (κ3) is 5.53. The first kappa shape index (κ1) is 23.6. The Morgan fingerprint density at radius 2 is 1.80 bits per heavy atom. The standard InChI is InChI=1S/C24H22N6O4S/c1-15-6-3-4-9-19(15)21-13-22(34-17-10-11-20(27-14-17)23(31)26-2)29-24(28-21)30-35(32,33)18-8-5-7-16(25)12-18/h3-14H,25H2,1-2H3,(H,26,31)(H,28,29,30). The predicted molar refractivity (Wildman–Crippen MR) is 132 cm³/mol. The van der Waals surface area contributed by atoms with Crippen molar-refractivity contribution < 1.29 is 17.9 Å². The van der Waals surface area contributed by atoms with E-state index in [1.165, 1.54) is 31.4 Å². The summed E-state index contributed by atoms with van der Waals surface area (Å²) in [5.41, 5.74) is 8.42. The molecule has 4 rings (SSSR count). The molecule has 0 radical (unpaired) electrons. The number of rotatable bonds is 7. The summed E-state index contributed by atoms with van der Waals surface area (Å²) in [5, 5.41) is 2.49. The molecule has 2 aromatic carbocycles. The predicted octanol–water partition coefficient (Wildman–Crippen LogP) is 3.38. The molecule has 0 atom stereocenters. The van der Waals surface area contributed by atoms with Gasteiger partial charge in [0.1, 0.15) is 11.4 Å². The molecule has 35 heavy (non-hydrogen) atoms. The van der Waals surface area contributed by atoms with Gasteiger partial charge in [0.2, 0.25) is 11.8 Å². The molecule has 2 aromatic heterocycles. The van der Waals surface area contributed by atoms with Crippen LogP contribution >= 0.6 is 0 Å². The van der Waals surface area contributed by atoms with Crippen molar-refractivity contribution in [2.75, 3.05) is 17.5 Å². The number of carbonyl (C=O) groups is 1. The Bertz CT molecular complexity index is 1490. The molecule has 0 bridgehead atoms. The van der Waals surface area contributed by atoms with Crippen molar-refractivity contribution in [2.24, 2.45) is 0 Å². The van der Waals surface area contributed by atoms with Gasteiger partial charge in [0.15, 0.2) is 0 Å². The van der Waals surface area contributed by atoms with Crippen LogP contribution in [0.5, 0.6) is 11.6 Å². The average Bonchev–Trinajstić information content (AvgIpc) is 2.84. The number of sulfonamides is 1. The molecule has 0 aliphatic rings. The van der Waals surface area contributed by atoms with Crippen molar-refractivity contribution in [3.63, 3.8) is 0 Å². The number of nitrogens with one attached hydrogen (secondary N) is 2. The fourth-order valence-corrected chi connectivity index (χ4v) is 4.20. The summed E-state index contributed by atoms with van der Waals surface area (Å²) in [5.74, 6) is -0.133. The number of anilines is 2. The van der Waals surface area contributed by atoms with E-state index >= 15 is 0 Å². The number of nitrogens with two attached hydrogens (primary N) is 1. The zero-order chi connectivity index (χ0) is 25.0. The van der Waals surface area contributed by atoms with Crippen LogP contribution in [-0.4, -0.2) is 36.3 Å². The normalized spacial score (nSPS) is 11.0. The number of amides is 1.